The maximum absolute atomic E-state index is 12.0. The van der Waals surface area contributed by atoms with E-state index in [-0.39, 0.29) is 12.3 Å². The van der Waals surface area contributed by atoms with Gasteiger partial charge in [-0.1, -0.05) is 28.4 Å². The summed E-state index contributed by atoms with van der Waals surface area (Å²) in [6, 6.07) is 5.08. The molecule has 1 aromatic carbocycles. The second kappa shape index (κ2) is 8.22. The van der Waals surface area contributed by atoms with Crippen LogP contribution < -0.4 is 4.74 Å². The summed E-state index contributed by atoms with van der Waals surface area (Å²) in [5.41, 5.74) is 1.56. The van der Waals surface area contributed by atoms with Gasteiger partial charge in [0.2, 0.25) is 5.71 Å². The van der Waals surface area contributed by atoms with Gasteiger partial charge in [-0.15, -0.1) is 0 Å². The first-order valence-electron chi connectivity index (χ1n) is 7.19. The Hall–Kier alpha value is -2.25. The molecular weight excluding hydrogens is 369 g/mol. The summed E-state index contributed by atoms with van der Waals surface area (Å²) in [7, 11) is 4.25. The number of nitrogens with zero attached hydrogens (tertiary/aromatic N) is 3. The van der Waals surface area contributed by atoms with Crippen LogP contribution in [0.15, 0.2) is 23.4 Å². The number of carbonyl (C=O) groups is 1. The standard InChI is InChI=1S/C16H17Cl2N3O4/c1-9-15(25-8-10-7-11(17)5-6-12(10)18)14(21(2)19-9)13(20-24-4)16(22)23-3/h5-7H,8H2,1-4H3. The molecule has 0 fully saturated rings. The number of aryl methyl sites for hydroxylation is 2. The number of aromatic nitrogens is 2. The van der Waals surface area contributed by atoms with Gasteiger partial charge in [0, 0.05) is 22.7 Å². The van der Waals surface area contributed by atoms with E-state index in [1.165, 1.54) is 18.9 Å². The van der Waals surface area contributed by atoms with E-state index < -0.39 is 5.97 Å². The molecule has 2 aromatic rings. The lowest BCUT2D eigenvalue weighted by atomic mass is 10.2. The molecule has 0 aliphatic heterocycles. The molecule has 9 heteroatoms. The topological polar surface area (TPSA) is 74.9 Å². The zero-order chi connectivity index (χ0) is 18.6. The molecule has 0 radical (unpaired) electrons. The average molecular weight is 386 g/mol. The molecule has 0 amide bonds. The van der Waals surface area contributed by atoms with Crippen molar-refractivity contribution in [2.75, 3.05) is 14.2 Å². The Morgan fingerprint density at radius 2 is 2.04 bits per heavy atom. The Balaban J connectivity index is 2.40. The van der Waals surface area contributed by atoms with Crippen molar-refractivity contribution in [1.82, 2.24) is 9.78 Å². The summed E-state index contributed by atoms with van der Waals surface area (Å²) < 4.78 is 12.1. The zero-order valence-electron chi connectivity index (χ0n) is 14.2. The van der Waals surface area contributed by atoms with E-state index >= 15 is 0 Å². The molecule has 0 aliphatic rings. The molecule has 0 bridgehead atoms. The van der Waals surface area contributed by atoms with Crippen molar-refractivity contribution in [3.05, 3.63) is 45.2 Å². The number of carbonyl (C=O) groups excluding carboxylic acids is 1. The lowest BCUT2D eigenvalue weighted by Crippen LogP contribution is -2.21. The fourth-order valence-corrected chi connectivity index (χ4v) is 2.61. The van der Waals surface area contributed by atoms with Gasteiger partial charge in [0.25, 0.3) is 0 Å². The zero-order valence-corrected chi connectivity index (χ0v) is 15.7. The lowest BCUT2D eigenvalue weighted by molar-refractivity contribution is -0.132. The van der Waals surface area contributed by atoms with Crippen molar-refractivity contribution in [2.24, 2.45) is 12.2 Å². The number of ether oxygens (including phenoxy) is 2. The molecule has 2 rings (SSSR count). The van der Waals surface area contributed by atoms with Crippen LogP contribution in [0.4, 0.5) is 0 Å². The van der Waals surface area contributed by atoms with Gasteiger partial charge in [0.05, 0.1) is 7.11 Å². The molecule has 0 aliphatic carbocycles. The van der Waals surface area contributed by atoms with Crippen molar-refractivity contribution in [3.8, 4) is 5.75 Å². The molecule has 0 saturated carbocycles. The van der Waals surface area contributed by atoms with Gasteiger partial charge in [-0.05, 0) is 25.1 Å². The van der Waals surface area contributed by atoms with Crippen molar-refractivity contribution < 1.29 is 19.1 Å². The molecule has 1 heterocycles. The minimum atomic E-state index is -0.671. The van der Waals surface area contributed by atoms with Crippen LogP contribution in [0.1, 0.15) is 17.0 Å². The molecule has 1 aromatic heterocycles. The highest BCUT2D eigenvalue weighted by Crippen LogP contribution is 2.27. The quantitative estimate of drug-likeness (QED) is 0.433. The number of halogens is 2. The number of benzene rings is 1. The van der Waals surface area contributed by atoms with Crippen molar-refractivity contribution in [1.29, 1.82) is 0 Å². The summed E-state index contributed by atoms with van der Waals surface area (Å²) >= 11 is 12.1. The summed E-state index contributed by atoms with van der Waals surface area (Å²) in [6.45, 7) is 1.89. The second-order valence-corrected chi connectivity index (χ2v) is 5.87. The molecule has 7 nitrogen and oxygen atoms in total. The second-order valence-electron chi connectivity index (χ2n) is 5.03. The van der Waals surface area contributed by atoms with Crippen LogP contribution in [-0.2, 0) is 28.0 Å². The molecule has 0 unspecified atom stereocenters. The number of hydrogen-bond donors (Lipinski definition) is 0. The maximum Gasteiger partial charge on any atom is 0.362 e. The summed E-state index contributed by atoms with van der Waals surface area (Å²) in [4.78, 5) is 16.8. The van der Waals surface area contributed by atoms with Gasteiger partial charge < -0.3 is 14.3 Å². The van der Waals surface area contributed by atoms with E-state index in [1.807, 2.05) is 0 Å². The van der Waals surface area contributed by atoms with E-state index in [4.69, 9.17) is 37.5 Å². The molecular formula is C16H17Cl2N3O4. The Bertz CT molecular complexity index is 818. The summed E-state index contributed by atoms with van der Waals surface area (Å²) in [5.74, 6) is -0.296. The molecule has 134 valence electrons. The SMILES string of the molecule is CON=C(C(=O)OC)c1c(OCc2cc(Cl)ccc2Cl)c(C)nn1C. The predicted octanol–water partition coefficient (Wildman–Crippen LogP) is 3.14. The van der Waals surface area contributed by atoms with Crippen molar-refractivity contribution in [3.63, 3.8) is 0 Å². The summed E-state index contributed by atoms with van der Waals surface area (Å²) in [6.07, 6.45) is 0. The fraction of sp³-hybridized carbons (Fsp3) is 0.312. The number of esters is 1. The molecule has 0 atom stereocenters. The highest BCUT2D eigenvalue weighted by Gasteiger charge is 2.27. The highest BCUT2D eigenvalue weighted by molar-refractivity contribution is 6.43. The highest BCUT2D eigenvalue weighted by atomic mass is 35.5. The first kappa shape index (κ1) is 19.1. The predicted molar refractivity (Wildman–Crippen MR) is 94.3 cm³/mol. The van der Waals surface area contributed by atoms with Gasteiger partial charge >= 0.3 is 5.97 Å². The molecule has 0 saturated heterocycles. The number of rotatable bonds is 6. The van der Waals surface area contributed by atoms with E-state index in [1.54, 1.807) is 32.2 Å². The third-order valence-electron chi connectivity index (χ3n) is 3.33. The Kier molecular flexibility index (Phi) is 6.27. The third-order valence-corrected chi connectivity index (χ3v) is 3.94. The molecule has 25 heavy (non-hydrogen) atoms. The van der Waals surface area contributed by atoms with Gasteiger partial charge in [-0.2, -0.15) is 5.10 Å². The van der Waals surface area contributed by atoms with Gasteiger partial charge in [-0.3, -0.25) is 4.68 Å². The van der Waals surface area contributed by atoms with Crippen LogP contribution in [0.5, 0.6) is 5.75 Å². The van der Waals surface area contributed by atoms with E-state index in [2.05, 4.69) is 10.3 Å². The Labute approximate surface area is 155 Å². The van der Waals surface area contributed by atoms with Crippen LogP contribution in [0.25, 0.3) is 0 Å². The molecule has 0 N–H and O–H groups in total. The Morgan fingerprint density at radius 3 is 2.68 bits per heavy atom. The van der Waals surface area contributed by atoms with Gasteiger partial charge in [-0.25, -0.2) is 4.79 Å². The van der Waals surface area contributed by atoms with E-state index in [0.717, 1.165) is 0 Å². The monoisotopic (exact) mass is 385 g/mol. The number of methoxy groups -OCH3 is 1. The lowest BCUT2D eigenvalue weighted by Gasteiger charge is -2.11. The Morgan fingerprint density at radius 1 is 1.32 bits per heavy atom. The fourth-order valence-electron chi connectivity index (χ4n) is 2.24. The van der Waals surface area contributed by atoms with Gasteiger partial charge in [0.15, 0.2) is 5.75 Å². The van der Waals surface area contributed by atoms with Crippen molar-refractivity contribution in [2.45, 2.75) is 13.5 Å². The van der Waals surface area contributed by atoms with Crippen LogP contribution >= 0.6 is 23.2 Å². The first-order valence-corrected chi connectivity index (χ1v) is 7.94. The average Bonchev–Trinajstić information content (AvgIpc) is 2.86. The van der Waals surface area contributed by atoms with E-state index in [9.17, 15) is 4.79 Å². The largest absolute Gasteiger partial charge is 0.485 e. The maximum atomic E-state index is 12.0. The van der Waals surface area contributed by atoms with E-state index in [0.29, 0.717) is 32.7 Å². The van der Waals surface area contributed by atoms with Crippen molar-refractivity contribution >= 4 is 34.9 Å². The van der Waals surface area contributed by atoms with Crippen LogP contribution in [-0.4, -0.2) is 35.7 Å². The normalized spacial score (nSPS) is 11.4. The summed E-state index contributed by atoms with van der Waals surface area (Å²) in [5, 5.41) is 9.08. The van der Waals surface area contributed by atoms with Crippen LogP contribution in [0.3, 0.4) is 0 Å². The number of oxime groups is 1. The third kappa shape index (κ3) is 4.24. The number of hydrogen-bond acceptors (Lipinski definition) is 6. The molecule has 0 spiro atoms. The smallest absolute Gasteiger partial charge is 0.362 e. The van der Waals surface area contributed by atoms with Gasteiger partial charge in [0.1, 0.15) is 25.1 Å². The minimum absolute atomic E-state index is 0.0553. The minimum Gasteiger partial charge on any atom is -0.485 e. The van der Waals surface area contributed by atoms with Crippen LogP contribution in [0.2, 0.25) is 10.0 Å². The first-order chi connectivity index (χ1) is 11.9. The van der Waals surface area contributed by atoms with Crippen LogP contribution in [0, 0.1) is 6.92 Å².